The first kappa shape index (κ1) is 9.80. The molecule has 13 heavy (non-hydrogen) atoms. The van der Waals surface area contributed by atoms with E-state index in [-0.39, 0.29) is 0 Å². The molecule has 1 rings (SSSR count). The summed E-state index contributed by atoms with van der Waals surface area (Å²) in [6, 6.07) is 3.45. The molecule has 4 nitrogen and oxygen atoms in total. The van der Waals surface area contributed by atoms with Gasteiger partial charge in [-0.3, -0.25) is 4.98 Å². The predicted molar refractivity (Wildman–Crippen MR) is 48.5 cm³/mol. The van der Waals surface area contributed by atoms with Gasteiger partial charge in [0, 0.05) is 6.20 Å². The molecule has 0 saturated carbocycles. The zero-order valence-electron chi connectivity index (χ0n) is 7.08. The van der Waals surface area contributed by atoms with Gasteiger partial charge in [-0.2, -0.15) is 0 Å². The lowest BCUT2D eigenvalue weighted by Crippen LogP contribution is -2.22. The van der Waals surface area contributed by atoms with Crippen LogP contribution in [0.2, 0.25) is 5.02 Å². The minimum Gasteiger partial charge on any atom is -0.453 e. The Kier molecular flexibility index (Phi) is 3.52. The second kappa shape index (κ2) is 4.67. The summed E-state index contributed by atoms with van der Waals surface area (Å²) in [5.74, 6) is 0. The van der Waals surface area contributed by atoms with Crippen LogP contribution in [0.1, 0.15) is 5.69 Å². The number of pyridine rings is 1. The molecule has 0 aliphatic heterocycles. The number of ether oxygens (including phenoxy) is 1. The van der Waals surface area contributed by atoms with Gasteiger partial charge < -0.3 is 10.1 Å². The van der Waals surface area contributed by atoms with Crippen molar-refractivity contribution in [3.05, 3.63) is 29.0 Å². The number of halogens is 1. The third-order valence-electron chi connectivity index (χ3n) is 1.39. The van der Waals surface area contributed by atoms with E-state index in [1.165, 1.54) is 13.3 Å². The third kappa shape index (κ3) is 3.29. The molecule has 0 atom stereocenters. The second-order valence-corrected chi connectivity index (χ2v) is 2.75. The van der Waals surface area contributed by atoms with Gasteiger partial charge in [-0.25, -0.2) is 4.79 Å². The molecule has 0 aliphatic rings. The highest BCUT2D eigenvalue weighted by atomic mass is 35.5. The van der Waals surface area contributed by atoms with E-state index in [2.05, 4.69) is 15.0 Å². The van der Waals surface area contributed by atoms with Crippen LogP contribution >= 0.6 is 11.6 Å². The van der Waals surface area contributed by atoms with Crippen molar-refractivity contribution in [2.45, 2.75) is 6.54 Å². The van der Waals surface area contributed by atoms with Crippen molar-refractivity contribution in [2.75, 3.05) is 7.11 Å². The van der Waals surface area contributed by atoms with Gasteiger partial charge >= 0.3 is 6.09 Å². The van der Waals surface area contributed by atoms with Crippen molar-refractivity contribution in [1.29, 1.82) is 0 Å². The van der Waals surface area contributed by atoms with Gasteiger partial charge in [0.15, 0.2) is 0 Å². The molecular weight excluding hydrogens is 192 g/mol. The number of carbonyl (C=O) groups excluding carboxylic acids is 1. The Bertz CT molecular complexity index is 287. The van der Waals surface area contributed by atoms with Gasteiger partial charge in [0.2, 0.25) is 0 Å². The van der Waals surface area contributed by atoms with Crippen LogP contribution in [0.25, 0.3) is 0 Å². The van der Waals surface area contributed by atoms with Crippen LogP contribution in [-0.2, 0) is 11.3 Å². The zero-order chi connectivity index (χ0) is 9.68. The molecule has 0 saturated heterocycles. The van der Waals surface area contributed by atoms with Crippen molar-refractivity contribution in [3.63, 3.8) is 0 Å². The van der Waals surface area contributed by atoms with Crippen molar-refractivity contribution in [3.8, 4) is 0 Å². The van der Waals surface area contributed by atoms with Gasteiger partial charge in [0.05, 0.1) is 24.4 Å². The molecule has 0 aliphatic carbocycles. The molecule has 5 heteroatoms. The van der Waals surface area contributed by atoms with Gasteiger partial charge in [-0.15, -0.1) is 0 Å². The highest BCUT2D eigenvalue weighted by Gasteiger charge is 1.99. The fourth-order valence-electron chi connectivity index (χ4n) is 0.746. The molecule has 1 aromatic heterocycles. The first-order chi connectivity index (χ1) is 6.22. The topological polar surface area (TPSA) is 51.2 Å². The highest BCUT2D eigenvalue weighted by molar-refractivity contribution is 6.30. The van der Waals surface area contributed by atoms with Crippen LogP contribution in [0.5, 0.6) is 0 Å². The van der Waals surface area contributed by atoms with Crippen LogP contribution in [0.3, 0.4) is 0 Å². The van der Waals surface area contributed by atoms with Crippen LogP contribution in [0.15, 0.2) is 18.3 Å². The van der Waals surface area contributed by atoms with Gasteiger partial charge in [0.1, 0.15) is 0 Å². The highest BCUT2D eigenvalue weighted by Crippen LogP contribution is 2.05. The Balaban J connectivity index is 2.46. The maximum Gasteiger partial charge on any atom is 0.407 e. The molecular formula is C8H9ClN2O2. The molecule has 1 aromatic rings. The van der Waals surface area contributed by atoms with Gasteiger partial charge in [0.25, 0.3) is 0 Å². The lowest BCUT2D eigenvalue weighted by Gasteiger charge is -2.02. The number of carbonyl (C=O) groups is 1. The van der Waals surface area contributed by atoms with Gasteiger partial charge in [-0.05, 0) is 12.1 Å². The number of amides is 1. The minimum atomic E-state index is -0.475. The molecule has 70 valence electrons. The minimum absolute atomic E-state index is 0.337. The lowest BCUT2D eigenvalue weighted by molar-refractivity contribution is 0.170. The average molecular weight is 201 g/mol. The zero-order valence-corrected chi connectivity index (χ0v) is 7.84. The van der Waals surface area contributed by atoms with Crippen LogP contribution in [0.4, 0.5) is 4.79 Å². The number of hydrogen-bond acceptors (Lipinski definition) is 3. The molecule has 0 aromatic carbocycles. The van der Waals surface area contributed by atoms with E-state index in [0.29, 0.717) is 11.6 Å². The predicted octanol–water partition coefficient (Wildman–Crippen LogP) is 1.59. The summed E-state index contributed by atoms with van der Waals surface area (Å²) >= 11 is 5.63. The van der Waals surface area contributed by atoms with E-state index in [0.717, 1.165) is 5.69 Å². The molecule has 0 radical (unpaired) electrons. The molecule has 0 fully saturated rings. The quantitative estimate of drug-likeness (QED) is 0.789. The van der Waals surface area contributed by atoms with E-state index in [1.54, 1.807) is 12.1 Å². The van der Waals surface area contributed by atoms with E-state index in [1.807, 2.05) is 0 Å². The summed E-state index contributed by atoms with van der Waals surface area (Å²) in [6.45, 7) is 0.337. The Hall–Kier alpha value is -1.29. The largest absolute Gasteiger partial charge is 0.453 e. The van der Waals surface area contributed by atoms with Crippen LogP contribution < -0.4 is 5.32 Å². The molecule has 0 unspecified atom stereocenters. The maximum absolute atomic E-state index is 10.7. The van der Waals surface area contributed by atoms with Crippen molar-refractivity contribution >= 4 is 17.7 Å². The lowest BCUT2D eigenvalue weighted by atomic mass is 10.3. The van der Waals surface area contributed by atoms with Crippen molar-refractivity contribution < 1.29 is 9.53 Å². The van der Waals surface area contributed by atoms with E-state index >= 15 is 0 Å². The number of aromatic nitrogens is 1. The van der Waals surface area contributed by atoms with E-state index in [9.17, 15) is 4.79 Å². The number of alkyl carbamates (subject to hydrolysis) is 1. The summed E-state index contributed by atoms with van der Waals surface area (Å²) < 4.78 is 4.39. The number of rotatable bonds is 2. The smallest absolute Gasteiger partial charge is 0.407 e. The summed E-state index contributed by atoms with van der Waals surface area (Å²) in [5, 5.41) is 3.07. The summed E-state index contributed by atoms with van der Waals surface area (Å²) in [7, 11) is 1.31. The summed E-state index contributed by atoms with van der Waals surface area (Å²) in [4.78, 5) is 14.6. The third-order valence-corrected chi connectivity index (χ3v) is 1.61. The Morgan fingerprint density at radius 2 is 2.46 bits per heavy atom. The fourth-order valence-corrected chi connectivity index (χ4v) is 0.858. The summed E-state index contributed by atoms with van der Waals surface area (Å²) in [5.41, 5.74) is 0.731. The number of hydrogen-bond donors (Lipinski definition) is 1. The Morgan fingerprint density at radius 3 is 3.00 bits per heavy atom. The SMILES string of the molecule is COC(=O)NCc1ccc(Cl)cn1. The second-order valence-electron chi connectivity index (χ2n) is 2.31. The summed E-state index contributed by atoms with van der Waals surface area (Å²) in [6.07, 6.45) is 1.05. The average Bonchev–Trinajstić information content (AvgIpc) is 2.16. The van der Waals surface area contributed by atoms with Crippen molar-refractivity contribution in [1.82, 2.24) is 10.3 Å². The number of methoxy groups -OCH3 is 1. The molecule has 1 N–H and O–H groups in total. The van der Waals surface area contributed by atoms with Crippen LogP contribution in [0, 0.1) is 0 Å². The maximum atomic E-state index is 10.7. The molecule has 1 amide bonds. The van der Waals surface area contributed by atoms with E-state index < -0.39 is 6.09 Å². The molecule has 0 spiro atoms. The number of nitrogens with zero attached hydrogens (tertiary/aromatic N) is 1. The molecule has 1 heterocycles. The fraction of sp³-hybridized carbons (Fsp3) is 0.250. The van der Waals surface area contributed by atoms with E-state index in [4.69, 9.17) is 11.6 Å². The van der Waals surface area contributed by atoms with Crippen LogP contribution in [-0.4, -0.2) is 18.2 Å². The Morgan fingerprint density at radius 1 is 1.69 bits per heavy atom. The van der Waals surface area contributed by atoms with Gasteiger partial charge in [-0.1, -0.05) is 11.6 Å². The molecule has 0 bridgehead atoms. The first-order valence-electron chi connectivity index (χ1n) is 3.64. The first-order valence-corrected chi connectivity index (χ1v) is 4.02. The standard InChI is InChI=1S/C8H9ClN2O2/c1-13-8(12)11-5-7-3-2-6(9)4-10-7/h2-4H,5H2,1H3,(H,11,12). The Labute approximate surface area is 80.9 Å². The number of nitrogens with one attached hydrogen (secondary N) is 1. The normalized spacial score (nSPS) is 9.38. The van der Waals surface area contributed by atoms with Crippen molar-refractivity contribution in [2.24, 2.45) is 0 Å². The monoisotopic (exact) mass is 200 g/mol.